The molecule has 2 rings (SSSR count). The number of nitro benzene ring substituents is 1. The number of hydrogen-bond donors (Lipinski definition) is 1. The maximum absolute atomic E-state index is 13.5. The minimum absolute atomic E-state index is 0.0642. The van der Waals surface area contributed by atoms with Gasteiger partial charge in [0.15, 0.2) is 5.82 Å². The van der Waals surface area contributed by atoms with Crippen LogP contribution >= 0.6 is 0 Å². The first kappa shape index (κ1) is 10.3. The standard InChI is InChI=1S/C9H8FN3O3/c10-7-3-6(13(15)16)1-2-8(7)12-4-9(14)11-5-12/h1-3H,4-5H2,(H,11,14). The Morgan fingerprint density at radius 1 is 1.50 bits per heavy atom. The molecule has 0 bridgehead atoms. The lowest BCUT2D eigenvalue weighted by Gasteiger charge is -2.15. The van der Waals surface area contributed by atoms with Crippen LogP contribution in [-0.4, -0.2) is 24.0 Å². The third-order valence-corrected chi connectivity index (χ3v) is 2.28. The fourth-order valence-electron chi connectivity index (χ4n) is 1.50. The molecule has 1 heterocycles. The Kier molecular flexibility index (Phi) is 2.43. The molecule has 1 aliphatic rings. The number of nitrogens with one attached hydrogen (secondary N) is 1. The van der Waals surface area contributed by atoms with Crippen LogP contribution in [0.1, 0.15) is 0 Å². The largest absolute Gasteiger partial charge is 0.342 e. The fourth-order valence-corrected chi connectivity index (χ4v) is 1.50. The summed E-state index contributed by atoms with van der Waals surface area (Å²) in [5.41, 5.74) is -0.122. The zero-order chi connectivity index (χ0) is 11.7. The summed E-state index contributed by atoms with van der Waals surface area (Å²) in [7, 11) is 0. The summed E-state index contributed by atoms with van der Waals surface area (Å²) in [6.07, 6.45) is 0. The molecular formula is C9H8FN3O3. The number of benzene rings is 1. The van der Waals surface area contributed by atoms with Gasteiger partial charge in [0.25, 0.3) is 5.69 Å². The number of nitrogens with zero attached hydrogens (tertiary/aromatic N) is 2. The Labute approximate surface area is 89.8 Å². The molecule has 1 fully saturated rings. The monoisotopic (exact) mass is 225 g/mol. The number of halogens is 1. The van der Waals surface area contributed by atoms with E-state index in [1.807, 2.05) is 0 Å². The zero-order valence-electron chi connectivity index (χ0n) is 8.14. The van der Waals surface area contributed by atoms with Crippen LogP contribution < -0.4 is 10.2 Å². The lowest BCUT2D eigenvalue weighted by molar-refractivity contribution is -0.385. The molecule has 0 spiro atoms. The van der Waals surface area contributed by atoms with E-state index in [2.05, 4.69) is 5.32 Å². The van der Waals surface area contributed by atoms with Crippen LogP contribution in [0.3, 0.4) is 0 Å². The summed E-state index contributed by atoms with van der Waals surface area (Å²) >= 11 is 0. The molecule has 0 radical (unpaired) electrons. The number of anilines is 1. The molecule has 1 aromatic carbocycles. The highest BCUT2D eigenvalue weighted by Gasteiger charge is 2.22. The van der Waals surface area contributed by atoms with Crippen LogP contribution in [-0.2, 0) is 4.79 Å². The second kappa shape index (κ2) is 3.76. The predicted octanol–water partition coefficient (Wildman–Crippen LogP) is 0.628. The Morgan fingerprint density at radius 3 is 2.75 bits per heavy atom. The van der Waals surface area contributed by atoms with E-state index in [1.165, 1.54) is 17.0 Å². The molecule has 84 valence electrons. The maximum Gasteiger partial charge on any atom is 0.272 e. The number of non-ortho nitro benzene ring substituents is 1. The van der Waals surface area contributed by atoms with Gasteiger partial charge >= 0.3 is 0 Å². The van der Waals surface area contributed by atoms with Crippen molar-refractivity contribution in [3.05, 3.63) is 34.1 Å². The molecule has 1 amide bonds. The Hall–Kier alpha value is -2.18. The van der Waals surface area contributed by atoms with Gasteiger partial charge in [-0.1, -0.05) is 0 Å². The van der Waals surface area contributed by atoms with Gasteiger partial charge in [-0.05, 0) is 6.07 Å². The van der Waals surface area contributed by atoms with E-state index >= 15 is 0 Å². The van der Waals surface area contributed by atoms with Crippen LogP contribution in [0.25, 0.3) is 0 Å². The summed E-state index contributed by atoms with van der Waals surface area (Å²) in [6, 6.07) is 3.35. The van der Waals surface area contributed by atoms with Crippen molar-refractivity contribution in [3.63, 3.8) is 0 Å². The Morgan fingerprint density at radius 2 is 2.25 bits per heavy atom. The first-order valence-electron chi connectivity index (χ1n) is 4.53. The number of carbonyl (C=O) groups excluding carboxylic acids is 1. The number of nitro groups is 1. The minimum atomic E-state index is -0.703. The molecule has 0 aromatic heterocycles. The van der Waals surface area contributed by atoms with Gasteiger partial charge in [0.2, 0.25) is 5.91 Å². The quantitative estimate of drug-likeness (QED) is 0.591. The maximum atomic E-state index is 13.5. The van der Waals surface area contributed by atoms with Gasteiger partial charge in [-0.25, -0.2) is 4.39 Å². The smallest absolute Gasteiger partial charge is 0.272 e. The van der Waals surface area contributed by atoms with Crippen LogP contribution in [0, 0.1) is 15.9 Å². The summed E-state index contributed by atoms with van der Waals surface area (Å²) in [5.74, 6) is -0.900. The first-order valence-corrected chi connectivity index (χ1v) is 4.53. The Bertz CT molecular complexity index is 463. The molecule has 0 saturated carbocycles. The van der Waals surface area contributed by atoms with E-state index in [4.69, 9.17) is 0 Å². The second-order valence-corrected chi connectivity index (χ2v) is 3.35. The highest BCUT2D eigenvalue weighted by atomic mass is 19.1. The number of carbonyl (C=O) groups is 1. The molecule has 1 saturated heterocycles. The first-order chi connectivity index (χ1) is 7.58. The zero-order valence-corrected chi connectivity index (χ0v) is 8.14. The third kappa shape index (κ3) is 1.79. The summed E-state index contributed by atoms with van der Waals surface area (Å²) in [5, 5.41) is 12.9. The Balaban J connectivity index is 2.29. The van der Waals surface area contributed by atoms with Gasteiger partial charge in [0, 0.05) is 6.07 Å². The van der Waals surface area contributed by atoms with E-state index < -0.39 is 10.7 Å². The van der Waals surface area contributed by atoms with Crippen LogP contribution in [0.4, 0.5) is 15.8 Å². The molecular weight excluding hydrogens is 217 g/mol. The van der Waals surface area contributed by atoms with Gasteiger partial charge in [-0.15, -0.1) is 0 Å². The van der Waals surface area contributed by atoms with E-state index in [-0.39, 0.29) is 30.5 Å². The summed E-state index contributed by atoms with van der Waals surface area (Å²) in [4.78, 5) is 22.1. The molecule has 0 aliphatic carbocycles. The van der Waals surface area contributed by atoms with Crippen molar-refractivity contribution >= 4 is 17.3 Å². The lowest BCUT2D eigenvalue weighted by Crippen LogP contribution is -2.22. The normalized spacial score (nSPS) is 15.1. The van der Waals surface area contributed by atoms with Crippen molar-refractivity contribution in [3.8, 4) is 0 Å². The van der Waals surface area contributed by atoms with Crippen LogP contribution in [0.2, 0.25) is 0 Å². The summed E-state index contributed by atoms with van der Waals surface area (Å²) < 4.78 is 13.5. The van der Waals surface area contributed by atoms with Gasteiger partial charge in [0.05, 0.1) is 29.9 Å². The molecule has 6 nitrogen and oxygen atoms in total. The molecule has 0 atom stereocenters. The van der Waals surface area contributed by atoms with Crippen molar-refractivity contribution < 1.29 is 14.1 Å². The second-order valence-electron chi connectivity index (χ2n) is 3.35. The molecule has 1 N–H and O–H groups in total. The average Bonchev–Trinajstić information content (AvgIpc) is 2.64. The highest BCUT2D eigenvalue weighted by Crippen LogP contribution is 2.24. The predicted molar refractivity (Wildman–Crippen MR) is 53.4 cm³/mol. The van der Waals surface area contributed by atoms with Crippen molar-refractivity contribution in [1.29, 1.82) is 0 Å². The highest BCUT2D eigenvalue weighted by molar-refractivity contribution is 5.84. The van der Waals surface area contributed by atoms with Crippen molar-refractivity contribution in [2.75, 3.05) is 18.1 Å². The average molecular weight is 225 g/mol. The van der Waals surface area contributed by atoms with Crippen molar-refractivity contribution in [1.82, 2.24) is 5.32 Å². The molecule has 1 aromatic rings. The number of rotatable bonds is 2. The fraction of sp³-hybridized carbons (Fsp3) is 0.222. The van der Waals surface area contributed by atoms with Crippen LogP contribution in [0.15, 0.2) is 18.2 Å². The van der Waals surface area contributed by atoms with E-state index in [1.54, 1.807) is 0 Å². The van der Waals surface area contributed by atoms with Gasteiger partial charge < -0.3 is 10.2 Å². The molecule has 1 aliphatic heterocycles. The summed E-state index contributed by atoms with van der Waals surface area (Å²) in [6.45, 7) is 0.280. The van der Waals surface area contributed by atoms with Gasteiger partial charge in [0.1, 0.15) is 0 Å². The topological polar surface area (TPSA) is 75.5 Å². The van der Waals surface area contributed by atoms with Gasteiger partial charge in [-0.3, -0.25) is 14.9 Å². The number of amides is 1. The molecule has 16 heavy (non-hydrogen) atoms. The van der Waals surface area contributed by atoms with Crippen molar-refractivity contribution in [2.45, 2.75) is 0 Å². The van der Waals surface area contributed by atoms with E-state index in [0.29, 0.717) is 0 Å². The van der Waals surface area contributed by atoms with E-state index in [0.717, 1.165) is 6.07 Å². The van der Waals surface area contributed by atoms with Gasteiger partial charge in [-0.2, -0.15) is 0 Å². The number of hydrogen-bond acceptors (Lipinski definition) is 4. The third-order valence-electron chi connectivity index (χ3n) is 2.28. The lowest BCUT2D eigenvalue weighted by atomic mass is 10.2. The van der Waals surface area contributed by atoms with E-state index in [9.17, 15) is 19.3 Å². The minimum Gasteiger partial charge on any atom is -0.342 e. The SMILES string of the molecule is O=C1CN(c2ccc([N+](=O)[O-])cc2F)CN1. The van der Waals surface area contributed by atoms with Crippen LogP contribution in [0.5, 0.6) is 0 Å². The van der Waals surface area contributed by atoms with Crippen molar-refractivity contribution in [2.24, 2.45) is 0 Å². The molecule has 0 unspecified atom stereocenters. The molecule has 7 heteroatoms.